The van der Waals surface area contributed by atoms with Crippen molar-refractivity contribution in [3.8, 4) is 0 Å². The van der Waals surface area contributed by atoms with Crippen LogP contribution in [0.3, 0.4) is 0 Å². The average molecular weight is 470 g/mol. The average Bonchev–Trinajstić information content (AvgIpc) is 2.79. The van der Waals surface area contributed by atoms with E-state index in [2.05, 4.69) is 19.2 Å². The Morgan fingerprint density at radius 2 is 1.88 bits per heavy atom. The number of likely N-dealkylation sites (tertiary alicyclic amines) is 1. The maximum atomic E-state index is 13.0. The van der Waals surface area contributed by atoms with Crippen molar-refractivity contribution >= 4 is 29.3 Å². The lowest BCUT2D eigenvalue weighted by molar-refractivity contribution is -0.387. The van der Waals surface area contributed by atoms with E-state index in [0.29, 0.717) is 47.9 Å². The number of carbonyl (C=O) groups excluding carboxylic acids is 2. The van der Waals surface area contributed by atoms with Crippen LogP contribution in [0.1, 0.15) is 59.4 Å². The number of benzene rings is 2. The standard InChI is InChI=1S/C25H31N3O4S/c1-17(2)12-15-33-23-9-8-19(16-22(23)28(31)32)25(30)27-13-10-20(11-14-27)26-24(29)21-7-5-4-6-18(21)3/h4-9,16-17,20H,10-15H2,1-3H3,(H,26,29). The molecule has 176 valence electrons. The van der Waals surface area contributed by atoms with Gasteiger partial charge >= 0.3 is 0 Å². The van der Waals surface area contributed by atoms with Gasteiger partial charge < -0.3 is 10.2 Å². The number of nitrogens with one attached hydrogen (secondary N) is 1. The molecule has 1 aliphatic heterocycles. The summed E-state index contributed by atoms with van der Waals surface area (Å²) in [5.74, 6) is 1.02. The molecule has 0 unspecified atom stereocenters. The van der Waals surface area contributed by atoms with Crippen molar-refractivity contribution in [1.82, 2.24) is 10.2 Å². The predicted octanol–water partition coefficient (Wildman–Crippen LogP) is 5.08. The smallest absolute Gasteiger partial charge is 0.283 e. The Kier molecular flexibility index (Phi) is 8.49. The zero-order chi connectivity index (χ0) is 24.0. The number of nitrogens with zero attached hydrogens (tertiary/aromatic N) is 2. The zero-order valence-electron chi connectivity index (χ0n) is 19.4. The number of nitro benzene ring substituents is 1. The maximum absolute atomic E-state index is 13.0. The predicted molar refractivity (Wildman–Crippen MR) is 131 cm³/mol. The molecule has 33 heavy (non-hydrogen) atoms. The first-order chi connectivity index (χ1) is 15.8. The highest BCUT2D eigenvalue weighted by Crippen LogP contribution is 2.31. The third-order valence-electron chi connectivity index (χ3n) is 5.86. The molecule has 2 amide bonds. The molecular weight excluding hydrogens is 438 g/mol. The van der Waals surface area contributed by atoms with Crippen molar-refractivity contribution in [2.24, 2.45) is 5.92 Å². The highest BCUT2D eigenvalue weighted by atomic mass is 32.2. The Morgan fingerprint density at radius 3 is 2.52 bits per heavy atom. The molecule has 0 atom stereocenters. The summed E-state index contributed by atoms with van der Waals surface area (Å²) in [6.45, 7) is 7.14. The summed E-state index contributed by atoms with van der Waals surface area (Å²) >= 11 is 1.46. The molecule has 2 aromatic rings. The van der Waals surface area contributed by atoms with Gasteiger partial charge in [0.15, 0.2) is 0 Å². The van der Waals surface area contributed by atoms with Crippen LogP contribution in [-0.4, -0.2) is 46.5 Å². The Bertz CT molecular complexity index is 1020. The summed E-state index contributed by atoms with van der Waals surface area (Å²) < 4.78 is 0. The van der Waals surface area contributed by atoms with E-state index >= 15 is 0 Å². The van der Waals surface area contributed by atoms with E-state index in [4.69, 9.17) is 0 Å². The van der Waals surface area contributed by atoms with Gasteiger partial charge in [-0.15, -0.1) is 11.8 Å². The van der Waals surface area contributed by atoms with E-state index in [1.54, 1.807) is 23.1 Å². The molecule has 8 heteroatoms. The van der Waals surface area contributed by atoms with Crippen molar-refractivity contribution in [2.75, 3.05) is 18.8 Å². The minimum Gasteiger partial charge on any atom is -0.349 e. The van der Waals surface area contributed by atoms with Crippen molar-refractivity contribution in [2.45, 2.75) is 51.0 Å². The summed E-state index contributed by atoms with van der Waals surface area (Å²) in [5.41, 5.74) is 1.90. The second-order valence-electron chi connectivity index (χ2n) is 8.83. The van der Waals surface area contributed by atoms with Gasteiger partial charge in [0.2, 0.25) is 0 Å². The number of aryl methyl sites for hydroxylation is 1. The van der Waals surface area contributed by atoms with E-state index in [0.717, 1.165) is 17.7 Å². The van der Waals surface area contributed by atoms with Crippen LogP contribution in [0.4, 0.5) is 5.69 Å². The van der Waals surface area contributed by atoms with Gasteiger partial charge in [-0.2, -0.15) is 0 Å². The SMILES string of the molecule is Cc1ccccc1C(=O)NC1CCN(C(=O)c2ccc(SCCC(C)C)c([N+](=O)[O-])c2)CC1. The monoisotopic (exact) mass is 469 g/mol. The van der Waals surface area contributed by atoms with Crippen LogP contribution < -0.4 is 5.32 Å². The van der Waals surface area contributed by atoms with Crippen LogP contribution in [-0.2, 0) is 0 Å². The minimum absolute atomic E-state index is 0.00442. The van der Waals surface area contributed by atoms with Gasteiger partial charge in [-0.1, -0.05) is 32.0 Å². The van der Waals surface area contributed by atoms with E-state index < -0.39 is 4.92 Å². The lowest BCUT2D eigenvalue weighted by Gasteiger charge is -2.32. The number of hydrogen-bond acceptors (Lipinski definition) is 5. The van der Waals surface area contributed by atoms with Gasteiger partial charge in [-0.05, 0) is 61.6 Å². The molecule has 3 rings (SSSR count). The summed E-state index contributed by atoms with van der Waals surface area (Å²) in [6.07, 6.45) is 2.26. The van der Waals surface area contributed by atoms with Crippen molar-refractivity contribution in [3.05, 3.63) is 69.3 Å². The van der Waals surface area contributed by atoms with Crippen molar-refractivity contribution in [3.63, 3.8) is 0 Å². The van der Waals surface area contributed by atoms with Crippen molar-refractivity contribution < 1.29 is 14.5 Å². The third-order valence-corrected chi connectivity index (χ3v) is 6.96. The number of thioether (sulfide) groups is 1. The molecule has 1 saturated heterocycles. The summed E-state index contributed by atoms with van der Waals surface area (Å²) in [6, 6.07) is 12.2. The fraction of sp³-hybridized carbons (Fsp3) is 0.440. The van der Waals surface area contributed by atoms with Crippen LogP contribution in [0.15, 0.2) is 47.4 Å². The molecular formula is C25H31N3O4S. The molecule has 1 N–H and O–H groups in total. The zero-order valence-corrected chi connectivity index (χ0v) is 20.2. The van der Waals surface area contributed by atoms with Gasteiger partial charge in [0, 0.05) is 36.3 Å². The lowest BCUT2D eigenvalue weighted by atomic mass is 10.0. The lowest BCUT2D eigenvalue weighted by Crippen LogP contribution is -2.46. The van der Waals surface area contributed by atoms with Gasteiger partial charge in [-0.3, -0.25) is 19.7 Å². The molecule has 7 nitrogen and oxygen atoms in total. The normalized spacial score (nSPS) is 14.4. The van der Waals surface area contributed by atoms with E-state index in [1.165, 1.54) is 17.8 Å². The number of nitro groups is 1. The highest BCUT2D eigenvalue weighted by molar-refractivity contribution is 7.99. The fourth-order valence-electron chi connectivity index (χ4n) is 3.82. The molecule has 1 heterocycles. The fourth-order valence-corrected chi connectivity index (χ4v) is 5.07. The molecule has 0 saturated carbocycles. The number of rotatable bonds is 8. The molecule has 1 aliphatic rings. The Balaban J connectivity index is 1.59. The maximum Gasteiger partial charge on any atom is 0.283 e. The first-order valence-corrected chi connectivity index (χ1v) is 12.3. The van der Waals surface area contributed by atoms with Crippen LogP contribution in [0, 0.1) is 23.0 Å². The first kappa shape index (κ1) is 24.8. The summed E-state index contributed by atoms with van der Waals surface area (Å²) in [4.78, 5) is 39.0. The topological polar surface area (TPSA) is 92.6 Å². The molecule has 0 spiro atoms. The molecule has 0 aliphatic carbocycles. The summed E-state index contributed by atoms with van der Waals surface area (Å²) in [7, 11) is 0. The van der Waals surface area contributed by atoms with Crippen molar-refractivity contribution in [1.29, 1.82) is 0 Å². The molecule has 0 aromatic heterocycles. The number of amides is 2. The third kappa shape index (κ3) is 6.57. The van der Waals surface area contributed by atoms with E-state index in [9.17, 15) is 19.7 Å². The Hall–Kier alpha value is -2.87. The Labute approximate surface area is 199 Å². The highest BCUT2D eigenvalue weighted by Gasteiger charge is 2.27. The molecule has 0 radical (unpaired) electrons. The largest absolute Gasteiger partial charge is 0.349 e. The quantitative estimate of drug-likeness (QED) is 0.331. The van der Waals surface area contributed by atoms with Crippen LogP contribution >= 0.6 is 11.8 Å². The second kappa shape index (κ2) is 11.3. The van der Waals surface area contributed by atoms with Crippen LogP contribution in [0.5, 0.6) is 0 Å². The van der Waals surface area contributed by atoms with E-state index in [-0.39, 0.29) is 23.5 Å². The number of piperidine rings is 1. The van der Waals surface area contributed by atoms with Gasteiger partial charge in [0.05, 0.1) is 9.82 Å². The molecule has 1 fully saturated rings. The van der Waals surface area contributed by atoms with Crippen LogP contribution in [0.2, 0.25) is 0 Å². The number of hydrogen-bond donors (Lipinski definition) is 1. The molecule has 0 bridgehead atoms. The Morgan fingerprint density at radius 1 is 1.18 bits per heavy atom. The van der Waals surface area contributed by atoms with Gasteiger partial charge in [0.1, 0.15) is 0 Å². The van der Waals surface area contributed by atoms with Crippen LogP contribution in [0.25, 0.3) is 0 Å². The summed E-state index contributed by atoms with van der Waals surface area (Å²) in [5, 5.41) is 14.6. The number of carbonyl (C=O) groups is 2. The van der Waals surface area contributed by atoms with E-state index in [1.807, 2.05) is 25.1 Å². The van der Waals surface area contributed by atoms with Gasteiger partial charge in [0.25, 0.3) is 17.5 Å². The minimum atomic E-state index is -0.415. The second-order valence-corrected chi connectivity index (χ2v) is 9.96. The first-order valence-electron chi connectivity index (χ1n) is 11.3. The molecule has 2 aromatic carbocycles. The van der Waals surface area contributed by atoms with Gasteiger partial charge in [-0.25, -0.2) is 0 Å².